The Labute approximate surface area is 112 Å². The molecule has 19 heavy (non-hydrogen) atoms. The lowest BCUT2D eigenvalue weighted by molar-refractivity contribution is 0.0611. The van der Waals surface area contributed by atoms with E-state index in [-0.39, 0.29) is 0 Å². The van der Waals surface area contributed by atoms with Crippen LogP contribution in [-0.2, 0) is 0 Å². The molecule has 0 spiro atoms. The van der Waals surface area contributed by atoms with Crippen LogP contribution >= 0.6 is 0 Å². The van der Waals surface area contributed by atoms with Crippen LogP contribution in [0.2, 0.25) is 0 Å². The van der Waals surface area contributed by atoms with Gasteiger partial charge in [0, 0.05) is 45.1 Å². The Bertz CT molecular complexity index is 420. The molecule has 1 aromatic heterocycles. The van der Waals surface area contributed by atoms with Gasteiger partial charge in [0.05, 0.1) is 6.04 Å². The Hall–Kier alpha value is -1.56. The summed E-state index contributed by atoms with van der Waals surface area (Å²) in [4.78, 5) is 14.8. The molecule has 3 rings (SSSR count). The van der Waals surface area contributed by atoms with Crippen LogP contribution in [0, 0.1) is 5.92 Å². The quantitative estimate of drug-likeness (QED) is 0.889. The normalized spacial score (nSPS) is 22.4. The summed E-state index contributed by atoms with van der Waals surface area (Å²) in [5, 5.41) is 13.2. The van der Waals surface area contributed by atoms with Crippen molar-refractivity contribution in [3.8, 4) is 0 Å². The molecule has 0 aromatic carbocycles. The third-order valence-electron chi connectivity index (χ3n) is 4.24. The van der Waals surface area contributed by atoms with Crippen LogP contribution in [0.15, 0.2) is 18.5 Å². The van der Waals surface area contributed by atoms with E-state index in [4.69, 9.17) is 5.11 Å². The maximum atomic E-state index is 10.8. The molecule has 0 bridgehead atoms. The SMILES string of the molecule is O=C(O)N1CCC(CN2CC(n3cccn3)C2)CC1. The number of hydrogen-bond donors (Lipinski definition) is 1. The van der Waals surface area contributed by atoms with Crippen LogP contribution in [0.5, 0.6) is 0 Å². The predicted octanol–water partition coefficient (Wildman–Crippen LogP) is 1.13. The van der Waals surface area contributed by atoms with E-state index in [9.17, 15) is 4.79 Å². The number of aromatic nitrogens is 2. The van der Waals surface area contributed by atoms with E-state index in [1.54, 1.807) is 0 Å². The first-order chi connectivity index (χ1) is 9.22. The Balaban J connectivity index is 1.39. The molecule has 6 nitrogen and oxygen atoms in total. The molecule has 6 heteroatoms. The third-order valence-corrected chi connectivity index (χ3v) is 4.24. The zero-order valence-corrected chi connectivity index (χ0v) is 11.0. The second kappa shape index (κ2) is 5.21. The average Bonchev–Trinajstić information content (AvgIpc) is 2.87. The molecular formula is C13H20N4O2. The van der Waals surface area contributed by atoms with Crippen LogP contribution in [0.1, 0.15) is 18.9 Å². The minimum atomic E-state index is -0.777. The summed E-state index contributed by atoms with van der Waals surface area (Å²) in [5.41, 5.74) is 0. The van der Waals surface area contributed by atoms with E-state index in [1.807, 2.05) is 23.1 Å². The van der Waals surface area contributed by atoms with Gasteiger partial charge in [0.1, 0.15) is 0 Å². The average molecular weight is 264 g/mol. The molecule has 0 radical (unpaired) electrons. The number of amides is 1. The summed E-state index contributed by atoms with van der Waals surface area (Å²) in [6.45, 7) is 4.62. The van der Waals surface area contributed by atoms with Crippen molar-refractivity contribution in [2.45, 2.75) is 18.9 Å². The van der Waals surface area contributed by atoms with Crippen LogP contribution in [-0.4, -0.2) is 63.5 Å². The summed E-state index contributed by atoms with van der Waals surface area (Å²) in [6.07, 6.45) is 5.06. The Morgan fingerprint density at radius 3 is 2.63 bits per heavy atom. The van der Waals surface area contributed by atoms with Crippen molar-refractivity contribution in [1.29, 1.82) is 0 Å². The number of piperidine rings is 1. The van der Waals surface area contributed by atoms with Crippen molar-refractivity contribution in [2.24, 2.45) is 5.92 Å². The standard InChI is InChI=1S/C13H20N4O2/c18-13(19)16-6-2-11(3-7-16)8-15-9-12(10-15)17-5-1-4-14-17/h1,4-5,11-12H,2-3,6-10H2,(H,18,19). The van der Waals surface area contributed by atoms with E-state index in [1.165, 1.54) is 4.90 Å². The number of carboxylic acid groups (broad SMARTS) is 1. The highest BCUT2D eigenvalue weighted by Gasteiger charge is 2.31. The topological polar surface area (TPSA) is 61.6 Å². The molecule has 2 fully saturated rings. The first-order valence-corrected chi connectivity index (χ1v) is 6.91. The molecule has 104 valence electrons. The lowest BCUT2D eigenvalue weighted by Crippen LogP contribution is -2.51. The number of rotatable bonds is 3. The fourth-order valence-electron chi connectivity index (χ4n) is 3.03. The Kier molecular flexibility index (Phi) is 3.42. The van der Waals surface area contributed by atoms with Crippen molar-refractivity contribution in [2.75, 3.05) is 32.7 Å². The molecular weight excluding hydrogens is 244 g/mol. The number of hydrogen-bond acceptors (Lipinski definition) is 3. The van der Waals surface area contributed by atoms with Crippen molar-refractivity contribution in [1.82, 2.24) is 19.6 Å². The Morgan fingerprint density at radius 2 is 2.05 bits per heavy atom. The first-order valence-electron chi connectivity index (χ1n) is 6.91. The second-order valence-corrected chi connectivity index (χ2v) is 5.57. The predicted molar refractivity (Wildman–Crippen MR) is 70.0 cm³/mol. The van der Waals surface area contributed by atoms with Crippen LogP contribution in [0.25, 0.3) is 0 Å². The van der Waals surface area contributed by atoms with Gasteiger partial charge in [0.2, 0.25) is 0 Å². The highest BCUT2D eigenvalue weighted by Crippen LogP contribution is 2.25. The van der Waals surface area contributed by atoms with Crippen molar-refractivity contribution in [3.63, 3.8) is 0 Å². The molecule has 2 aliphatic heterocycles. The first kappa shape index (κ1) is 12.5. The Morgan fingerprint density at radius 1 is 1.32 bits per heavy atom. The van der Waals surface area contributed by atoms with E-state index in [0.717, 1.165) is 32.5 Å². The van der Waals surface area contributed by atoms with Gasteiger partial charge in [0.15, 0.2) is 0 Å². The minimum Gasteiger partial charge on any atom is -0.465 e. The maximum Gasteiger partial charge on any atom is 0.407 e. The van der Waals surface area contributed by atoms with Gasteiger partial charge in [-0.3, -0.25) is 9.58 Å². The van der Waals surface area contributed by atoms with Gasteiger partial charge in [-0.05, 0) is 24.8 Å². The van der Waals surface area contributed by atoms with Gasteiger partial charge in [-0.15, -0.1) is 0 Å². The maximum absolute atomic E-state index is 10.8. The summed E-state index contributed by atoms with van der Waals surface area (Å²) in [6, 6.07) is 2.48. The number of likely N-dealkylation sites (tertiary alicyclic amines) is 2. The van der Waals surface area contributed by atoms with Gasteiger partial charge in [-0.1, -0.05) is 0 Å². The minimum absolute atomic E-state index is 0.522. The molecule has 1 N–H and O–H groups in total. The van der Waals surface area contributed by atoms with E-state index >= 15 is 0 Å². The number of nitrogens with zero attached hydrogens (tertiary/aromatic N) is 4. The lowest BCUT2D eigenvalue weighted by Gasteiger charge is -2.42. The monoisotopic (exact) mass is 264 g/mol. The smallest absolute Gasteiger partial charge is 0.407 e. The zero-order chi connectivity index (χ0) is 13.2. The zero-order valence-electron chi connectivity index (χ0n) is 11.0. The van der Waals surface area contributed by atoms with Gasteiger partial charge < -0.3 is 10.0 Å². The van der Waals surface area contributed by atoms with Crippen LogP contribution < -0.4 is 0 Å². The van der Waals surface area contributed by atoms with Crippen molar-refractivity contribution < 1.29 is 9.90 Å². The molecule has 1 amide bonds. The largest absolute Gasteiger partial charge is 0.465 e. The van der Waals surface area contributed by atoms with Crippen LogP contribution in [0.3, 0.4) is 0 Å². The fourth-order valence-corrected chi connectivity index (χ4v) is 3.03. The highest BCUT2D eigenvalue weighted by atomic mass is 16.4. The van der Waals surface area contributed by atoms with E-state index in [2.05, 4.69) is 10.00 Å². The van der Waals surface area contributed by atoms with Gasteiger partial charge in [0.25, 0.3) is 0 Å². The van der Waals surface area contributed by atoms with E-state index < -0.39 is 6.09 Å². The number of carbonyl (C=O) groups is 1. The van der Waals surface area contributed by atoms with Gasteiger partial charge in [-0.25, -0.2) is 4.79 Å². The molecule has 0 saturated carbocycles. The highest BCUT2D eigenvalue weighted by molar-refractivity contribution is 5.64. The third kappa shape index (κ3) is 2.73. The molecule has 0 unspecified atom stereocenters. The van der Waals surface area contributed by atoms with Crippen LogP contribution in [0.4, 0.5) is 4.79 Å². The molecule has 3 heterocycles. The van der Waals surface area contributed by atoms with Gasteiger partial charge >= 0.3 is 6.09 Å². The van der Waals surface area contributed by atoms with Crippen molar-refractivity contribution >= 4 is 6.09 Å². The summed E-state index contributed by atoms with van der Waals surface area (Å²) in [7, 11) is 0. The summed E-state index contributed by atoms with van der Waals surface area (Å²) < 4.78 is 2.03. The fraction of sp³-hybridized carbons (Fsp3) is 0.692. The molecule has 1 aromatic rings. The summed E-state index contributed by atoms with van der Waals surface area (Å²) >= 11 is 0. The molecule has 2 saturated heterocycles. The molecule has 2 aliphatic rings. The molecule has 0 atom stereocenters. The van der Waals surface area contributed by atoms with E-state index in [0.29, 0.717) is 25.0 Å². The van der Waals surface area contributed by atoms with Gasteiger partial charge in [-0.2, -0.15) is 5.10 Å². The summed E-state index contributed by atoms with van der Waals surface area (Å²) in [5.74, 6) is 0.647. The van der Waals surface area contributed by atoms with Crippen molar-refractivity contribution in [3.05, 3.63) is 18.5 Å². The second-order valence-electron chi connectivity index (χ2n) is 5.57. The lowest BCUT2D eigenvalue weighted by atomic mass is 9.94. The molecule has 0 aliphatic carbocycles.